The normalized spacial score (nSPS) is 16.5. The molecule has 0 aliphatic carbocycles. The van der Waals surface area contributed by atoms with Crippen molar-refractivity contribution in [2.24, 2.45) is 0 Å². The van der Waals surface area contributed by atoms with Gasteiger partial charge in [-0.05, 0) is 48.9 Å². The molecule has 0 spiro atoms. The number of urea groups is 1. The standard InChI is InChI=1S/C21H18F3N5O3/c1-12-9-15(32-17-7-8-26-19(25)27-17)5-6-16(12)29-18(30)11-28(20(29)31)14-4-2-3-13(10-14)21(22,23)24/h2-10,18,30H,11H2,1H3,(H2,25,26,27)/t18-/m0/s1. The van der Waals surface area contributed by atoms with Gasteiger partial charge in [0.15, 0.2) is 6.23 Å². The number of aliphatic hydroxyl groups is 1. The third-order valence-electron chi connectivity index (χ3n) is 4.86. The first-order chi connectivity index (χ1) is 15.1. The number of anilines is 3. The SMILES string of the molecule is Cc1cc(Oc2ccnc(N)n2)ccc1N1C(=O)N(c2cccc(C(F)(F)F)c2)C[C@@H]1O. The van der Waals surface area contributed by atoms with Crippen LogP contribution in [0.2, 0.25) is 0 Å². The molecule has 3 aromatic rings. The fraction of sp³-hybridized carbons (Fsp3) is 0.190. The van der Waals surface area contributed by atoms with Crippen LogP contribution in [0.25, 0.3) is 0 Å². The van der Waals surface area contributed by atoms with Crippen molar-refractivity contribution in [2.45, 2.75) is 19.3 Å². The molecule has 1 fully saturated rings. The van der Waals surface area contributed by atoms with Crippen molar-refractivity contribution in [1.82, 2.24) is 9.97 Å². The van der Waals surface area contributed by atoms with E-state index in [-0.39, 0.29) is 24.1 Å². The second-order valence-corrected chi connectivity index (χ2v) is 7.10. The first-order valence-electron chi connectivity index (χ1n) is 9.46. The van der Waals surface area contributed by atoms with Crippen molar-refractivity contribution in [3.63, 3.8) is 0 Å². The number of nitrogen functional groups attached to an aromatic ring is 1. The predicted molar refractivity (Wildman–Crippen MR) is 110 cm³/mol. The molecule has 11 heteroatoms. The summed E-state index contributed by atoms with van der Waals surface area (Å²) in [6.45, 7) is 1.53. The smallest absolute Gasteiger partial charge is 0.416 e. The van der Waals surface area contributed by atoms with Crippen molar-refractivity contribution in [1.29, 1.82) is 0 Å². The minimum Gasteiger partial charge on any atom is -0.439 e. The molecule has 0 radical (unpaired) electrons. The average Bonchev–Trinajstić information content (AvgIpc) is 3.02. The van der Waals surface area contributed by atoms with E-state index in [1.54, 1.807) is 25.1 Å². The largest absolute Gasteiger partial charge is 0.439 e. The molecular weight excluding hydrogens is 427 g/mol. The Labute approximate surface area is 180 Å². The summed E-state index contributed by atoms with van der Waals surface area (Å²) in [5.41, 5.74) is 5.70. The molecule has 1 aliphatic heterocycles. The van der Waals surface area contributed by atoms with Crippen LogP contribution in [0.3, 0.4) is 0 Å². The molecule has 1 aliphatic rings. The average molecular weight is 445 g/mol. The highest BCUT2D eigenvalue weighted by molar-refractivity contribution is 6.07. The number of nitrogens with zero attached hydrogens (tertiary/aromatic N) is 4. The number of amides is 2. The number of aromatic nitrogens is 2. The second kappa shape index (κ2) is 8.00. The van der Waals surface area contributed by atoms with Gasteiger partial charge in [0.2, 0.25) is 11.8 Å². The van der Waals surface area contributed by atoms with Crippen LogP contribution in [0.5, 0.6) is 11.6 Å². The third-order valence-corrected chi connectivity index (χ3v) is 4.86. The minimum atomic E-state index is -4.54. The first kappa shape index (κ1) is 21.4. The van der Waals surface area contributed by atoms with Crippen LogP contribution in [0.4, 0.5) is 35.3 Å². The zero-order valence-electron chi connectivity index (χ0n) is 16.7. The van der Waals surface area contributed by atoms with Gasteiger partial charge in [-0.25, -0.2) is 9.78 Å². The fourth-order valence-corrected chi connectivity index (χ4v) is 3.41. The van der Waals surface area contributed by atoms with Crippen molar-refractivity contribution in [3.05, 3.63) is 65.9 Å². The molecule has 8 nitrogen and oxygen atoms in total. The Hall–Kier alpha value is -3.86. The van der Waals surface area contributed by atoms with Gasteiger partial charge in [0.05, 0.1) is 17.8 Å². The first-order valence-corrected chi connectivity index (χ1v) is 9.46. The molecule has 0 saturated carbocycles. The van der Waals surface area contributed by atoms with Crippen molar-refractivity contribution in [2.75, 3.05) is 22.1 Å². The lowest BCUT2D eigenvalue weighted by Gasteiger charge is -2.22. The highest BCUT2D eigenvalue weighted by atomic mass is 19.4. The number of carbonyl (C=O) groups excluding carboxylic acids is 1. The van der Waals surface area contributed by atoms with Gasteiger partial charge in [0.1, 0.15) is 5.75 Å². The van der Waals surface area contributed by atoms with Crippen LogP contribution in [-0.4, -0.2) is 33.9 Å². The Morgan fingerprint density at radius 2 is 1.97 bits per heavy atom. The van der Waals surface area contributed by atoms with Crippen molar-refractivity contribution >= 4 is 23.4 Å². The molecule has 32 heavy (non-hydrogen) atoms. The van der Waals surface area contributed by atoms with Gasteiger partial charge in [-0.2, -0.15) is 18.2 Å². The van der Waals surface area contributed by atoms with Gasteiger partial charge in [0, 0.05) is 18.0 Å². The third kappa shape index (κ3) is 4.14. The van der Waals surface area contributed by atoms with Crippen LogP contribution in [0.15, 0.2) is 54.7 Å². The molecule has 3 N–H and O–H groups in total. The number of aliphatic hydroxyl groups excluding tert-OH is 1. The molecule has 2 amide bonds. The Bertz CT molecular complexity index is 1170. The van der Waals surface area contributed by atoms with E-state index in [2.05, 4.69) is 9.97 Å². The van der Waals surface area contributed by atoms with Crippen LogP contribution >= 0.6 is 0 Å². The summed E-state index contributed by atoms with van der Waals surface area (Å²) in [4.78, 5) is 22.9. The van der Waals surface area contributed by atoms with Crippen molar-refractivity contribution < 1.29 is 27.8 Å². The molecule has 1 saturated heterocycles. The van der Waals surface area contributed by atoms with Gasteiger partial charge >= 0.3 is 12.2 Å². The lowest BCUT2D eigenvalue weighted by atomic mass is 10.1. The van der Waals surface area contributed by atoms with E-state index in [9.17, 15) is 23.1 Å². The summed E-state index contributed by atoms with van der Waals surface area (Å²) in [7, 11) is 0. The fourth-order valence-electron chi connectivity index (χ4n) is 3.41. The highest BCUT2D eigenvalue weighted by Crippen LogP contribution is 2.35. The van der Waals surface area contributed by atoms with E-state index in [1.165, 1.54) is 24.4 Å². The molecule has 0 unspecified atom stereocenters. The molecular formula is C21H18F3N5O3. The molecule has 166 valence electrons. The zero-order chi connectivity index (χ0) is 23.0. The number of halogens is 3. The molecule has 4 rings (SSSR count). The van der Waals surface area contributed by atoms with E-state index in [0.29, 0.717) is 17.0 Å². The summed E-state index contributed by atoms with van der Waals surface area (Å²) in [5.74, 6) is 0.703. The number of hydrogen-bond donors (Lipinski definition) is 2. The maximum absolute atomic E-state index is 13.0. The van der Waals surface area contributed by atoms with Crippen LogP contribution in [0, 0.1) is 6.92 Å². The highest BCUT2D eigenvalue weighted by Gasteiger charge is 2.39. The number of aryl methyl sites for hydroxylation is 1. The zero-order valence-corrected chi connectivity index (χ0v) is 16.7. The Balaban J connectivity index is 1.58. The van der Waals surface area contributed by atoms with Crippen LogP contribution in [0.1, 0.15) is 11.1 Å². The molecule has 1 aromatic heterocycles. The summed E-state index contributed by atoms with van der Waals surface area (Å²) in [6.07, 6.45) is -4.34. The lowest BCUT2D eigenvalue weighted by molar-refractivity contribution is -0.137. The van der Waals surface area contributed by atoms with E-state index in [0.717, 1.165) is 21.9 Å². The quantitative estimate of drug-likeness (QED) is 0.630. The number of alkyl halides is 3. The van der Waals surface area contributed by atoms with Crippen LogP contribution in [-0.2, 0) is 6.18 Å². The maximum Gasteiger partial charge on any atom is 0.416 e. The number of carbonyl (C=O) groups is 1. The maximum atomic E-state index is 13.0. The number of β-amino-alcohol motifs (C(OH)–C–C–N with tert-alkyl or cyclic N) is 1. The Morgan fingerprint density at radius 3 is 2.66 bits per heavy atom. The van der Waals surface area contributed by atoms with E-state index in [4.69, 9.17) is 10.5 Å². The molecule has 2 aromatic carbocycles. The molecule has 2 heterocycles. The number of benzene rings is 2. The van der Waals surface area contributed by atoms with Gasteiger partial charge in [0.25, 0.3) is 0 Å². The number of hydrogen-bond acceptors (Lipinski definition) is 6. The summed E-state index contributed by atoms with van der Waals surface area (Å²) >= 11 is 0. The van der Waals surface area contributed by atoms with Crippen molar-refractivity contribution in [3.8, 4) is 11.6 Å². The number of nitrogens with two attached hydrogens (primary N) is 1. The topological polar surface area (TPSA) is 105 Å². The monoisotopic (exact) mass is 445 g/mol. The van der Waals surface area contributed by atoms with E-state index in [1.807, 2.05) is 0 Å². The molecule has 1 atom stereocenters. The lowest BCUT2D eigenvalue weighted by Crippen LogP contribution is -2.35. The molecule has 0 bridgehead atoms. The van der Waals surface area contributed by atoms with Gasteiger partial charge in [-0.15, -0.1) is 0 Å². The van der Waals surface area contributed by atoms with E-state index < -0.39 is 24.0 Å². The Kier molecular flexibility index (Phi) is 5.35. The Morgan fingerprint density at radius 1 is 1.19 bits per heavy atom. The van der Waals surface area contributed by atoms with Gasteiger partial charge in [-0.3, -0.25) is 9.80 Å². The van der Waals surface area contributed by atoms with Gasteiger partial charge < -0.3 is 15.6 Å². The minimum absolute atomic E-state index is 0.0466. The van der Waals surface area contributed by atoms with E-state index >= 15 is 0 Å². The summed E-state index contributed by atoms with van der Waals surface area (Å²) in [6, 6.07) is 10.1. The predicted octanol–water partition coefficient (Wildman–Crippen LogP) is 3.94. The number of ether oxygens (including phenoxy) is 1. The summed E-state index contributed by atoms with van der Waals surface area (Å²) in [5, 5.41) is 10.5. The summed E-state index contributed by atoms with van der Waals surface area (Å²) < 4.78 is 44.8. The van der Waals surface area contributed by atoms with Crippen LogP contribution < -0.4 is 20.3 Å². The van der Waals surface area contributed by atoms with Gasteiger partial charge in [-0.1, -0.05) is 6.07 Å². The number of rotatable bonds is 4. The second-order valence-electron chi connectivity index (χ2n) is 7.10.